The molecule has 0 amide bonds. The van der Waals surface area contributed by atoms with Crippen LogP contribution in [0.4, 0.5) is 0 Å². The summed E-state index contributed by atoms with van der Waals surface area (Å²) >= 11 is 0. The smallest absolute Gasteiger partial charge is 0.341 e. The van der Waals surface area contributed by atoms with E-state index in [4.69, 9.17) is 13.9 Å². The molecule has 0 atom stereocenters. The van der Waals surface area contributed by atoms with Crippen molar-refractivity contribution in [3.8, 4) is 5.75 Å². The SMILES string of the molecule is COc1ccc2c(c1)c(C(=O)OCc1nnc(C)o1)c(C)n2C1CC1. The van der Waals surface area contributed by atoms with E-state index in [1.54, 1.807) is 14.0 Å². The molecule has 25 heavy (non-hydrogen) atoms. The Bertz CT molecular complexity index is 953. The van der Waals surface area contributed by atoms with Crippen molar-refractivity contribution in [2.24, 2.45) is 0 Å². The summed E-state index contributed by atoms with van der Waals surface area (Å²) in [6.45, 7) is 3.61. The molecule has 2 aromatic heterocycles. The molecular weight excluding hydrogens is 322 g/mol. The van der Waals surface area contributed by atoms with Crippen LogP contribution in [0.15, 0.2) is 22.6 Å². The number of aromatic nitrogens is 3. The third-order valence-corrected chi connectivity index (χ3v) is 4.47. The second-order valence-electron chi connectivity index (χ2n) is 6.24. The van der Waals surface area contributed by atoms with Gasteiger partial charge in [-0.15, -0.1) is 10.2 Å². The van der Waals surface area contributed by atoms with Crippen LogP contribution in [0, 0.1) is 13.8 Å². The van der Waals surface area contributed by atoms with Crippen LogP contribution in [-0.4, -0.2) is 27.8 Å². The molecule has 0 spiro atoms. The number of aryl methyl sites for hydroxylation is 1. The summed E-state index contributed by atoms with van der Waals surface area (Å²) in [6, 6.07) is 6.25. The predicted octanol–water partition coefficient (Wildman–Crippen LogP) is 3.34. The van der Waals surface area contributed by atoms with E-state index in [1.807, 2.05) is 25.1 Å². The van der Waals surface area contributed by atoms with Crippen molar-refractivity contribution in [2.45, 2.75) is 39.3 Å². The average molecular weight is 341 g/mol. The van der Waals surface area contributed by atoms with Gasteiger partial charge in [-0.3, -0.25) is 0 Å². The zero-order valence-corrected chi connectivity index (χ0v) is 14.4. The summed E-state index contributed by atoms with van der Waals surface area (Å²) in [5.41, 5.74) is 2.51. The molecule has 0 saturated heterocycles. The summed E-state index contributed by atoms with van der Waals surface area (Å²) in [5, 5.41) is 8.43. The molecule has 130 valence electrons. The number of rotatable bonds is 5. The van der Waals surface area contributed by atoms with E-state index in [1.165, 1.54) is 0 Å². The zero-order valence-electron chi connectivity index (χ0n) is 14.4. The van der Waals surface area contributed by atoms with Crippen LogP contribution < -0.4 is 4.74 Å². The van der Waals surface area contributed by atoms with Crippen molar-refractivity contribution in [1.29, 1.82) is 0 Å². The second kappa shape index (κ2) is 5.91. The summed E-state index contributed by atoms with van der Waals surface area (Å²) in [5.74, 6) is 1.04. The first-order valence-corrected chi connectivity index (χ1v) is 8.23. The van der Waals surface area contributed by atoms with Crippen molar-refractivity contribution >= 4 is 16.9 Å². The number of methoxy groups -OCH3 is 1. The minimum absolute atomic E-state index is 0.0425. The number of carbonyl (C=O) groups excluding carboxylic acids is 1. The average Bonchev–Trinajstić information content (AvgIpc) is 3.28. The third kappa shape index (κ3) is 2.75. The zero-order chi connectivity index (χ0) is 17.6. The van der Waals surface area contributed by atoms with Crippen molar-refractivity contribution in [2.75, 3.05) is 7.11 Å². The van der Waals surface area contributed by atoms with Crippen molar-refractivity contribution < 1.29 is 18.7 Å². The highest BCUT2D eigenvalue weighted by Crippen LogP contribution is 2.42. The van der Waals surface area contributed by atoms with Gasteiger partial charge < -0.3 is 18.5 Å². The Labute approximate surface area is 144 Å². The number of hydrogen-bond acceptors (Lipinski definition) is 6. The first-order valence-electron chi connectivity index (χ1n) is 8.23. The lowest BCUT2D eigenvalue weighted by atomic mass is 10.1. The quantitative estimate of drug-likeness (QED) is 0.662. The molecule has 7 heteroatoms. The number of nitrogens with zero attached hydrogens (tertiary/aromatic N) is 3. The number of esters is 1. The molecule has 0 bridgehead atoms. The van der Waals surface area contributed by atoms with E-state index in [9.17, 15) is 4.79 Å². The molecule has 0 aliphatic heterocycles. The highest BCUT2D eigenvalue weighted by atomic mass is 16.5. The van der Waals surface area contributed by atoms with Gasteiger partial charge in [0.25, 0.3) is 5.89 Å². The molecule has 1 saturated carbocycles. The Morgan fingerprint density at radius 3 is 2.76 bits per heavy atom. The van der Waals surface area contributed by atoms with Gasteiger partial charge in [0.15, 0.2) is 6.61 Å². The summed E-state index contributed by atoms with van der Waals surface area (Å²) in [7, 11) is 1.61. The molecule has 1 aliphatic rings. The van der Waals surface area contributed by atoms with Crippen molar-refractivity contribution in [3.63, 3.8) is 0 Å². The molecule has 0 radical (unpaired) electrons. The van der Waals surface area contributed by atoms with Crippen LogP contribution in [0.3, 0.4) is 0 Å². The van der Waals surface area contributed by atoms with Crippen LogP contribution in [0.5, 0.6) is 5.75 Å². The van der Waals surface area contributed by atoms with Crippen LogP contribution in [-0.2, 0) is 11.3 Å². The Balaban J connectivity index is 1.71. The molecule has 7 nitrogen and oxygen atoms in total. The summed E-state index contributed by atoms with van der Waals surface area (Å²) in [4.78, 5) is 12.7. The highest BCUT2D eigenvalue weighted by molar-refractivity contribution is 6.06. The molecule has 0 N–H and O–H groups in total. The first kappa shape index (κ1) is 15.7. The number of hydrogen-bond donors (Lipinski definition) is 0. The second-order valence-corrected chi connectivity index (χ2v) is 6.24. The fourth-order valence-corrected chi connectivity index (χ4v) is 3.20. The van der Waals surface area contributed by atoms with E-state index >= 15 is 0 Å². The number of benzene rings is 1. The molecule has 0 unspecified atom stereocenters. The normalized spacial score (nSPS) is 14.0. The maximum atomic E-state index is 12.7. The van der Waals surface area contributed by atoms with Gasteiger partial charge >= 0.3 is 5.97 Å². The number of carbonyl (C=O) groups is 1. The third-order valence-electron chi connectivity index (χ3n) is 4.47. The Morgan fingerprint density at radius 1 is 1.32 bits per heavy atom. The minimum atomic E-state index is -0.397. The van der Waals surface area contributed by atoms with Gasteiger partial charge in [-0.05, 0) is 38.0 Å². The fraction of sp³-hybridized carbons (Fsp3) is 0.389. The molecule has 2 heterocycles. The van der Waals surface area contributed by atoms with E-state index in [0.29, 0.717) is 23.2 Å². The molecular formula is C18H19N3O4. The van der Waals surface area contributed by atoms with Gasteiger partial charge in [0.2, 0.25) is 5.89 Å². The lowest BCUT2D eigenvalue weighted by Crippen LogP contribution is -2.08. The standard InChI is InChI=1S/C18H19N3O4/c1-10-17(18(22)24-9-16-20-19-11(2)25-16)14-8-13(23-3)6-7-15(14)21(10)12-4-5-12/h6-8,12H,4-5,9H2,1-3H3. The molecule has 1 aromatic carbocycles. The van der Waals surface area contributed by atoms with Gasteiger partial charge in [0.1, 0.15) is 5.75 Å². The Hall–Kier alpha value is -2.83. The van der Waals surface area contributed by atoms with Gasteiger partial charge in [0, 0.05) is 29.6 Å². The summed E-state index contributed by atoms with van der Waals surface area (Å²) < 4.78 is 18.2. The van der Waals surface area contributed by atoms with Crippen LogP contribution in [0.1, 0.15) is 46.7 Å². The highest BCUT2D eigenvalue weighted by Gasteiger charge is 2.31. The summed E-state index contributed by atoms with van der Waals surface area (Å²) in [6.07, 6.45) is 2.26. The molecule has 3 aromatic rings. The predicted molar refractivity (Wildman–Crippen MR) is 89.7 cm³/mol. The lowest BCUT2D eigenvalue weighted by Gasteiger charge is -2.06. The monoisotopic (exact) mass is 341 g/mol. The fourth-order valence-electron chi connectivity index (χ4n) is 3.20. The van der Waals surface area contributed by atoms with Gasteiger partial charge in [-0.25, -0.2) is 4.79 Å². The van der Waals surface area contributed by atoms with Gasteiger partial charge in [0.05, 0.1) is 12.7 Å². The van der Waals surface area contributed by atoms with Gasteiger partial charge in [-0.2, -0.15) is 0 Å². The minimum Gasteiger partial charge on any atom is -0.497 e. The van der Waals surface area contributed by atoms with Gasteiger partial charge in [-0.1, -0.05) is 0 Å². The van der Waals surface area contributed by atoms with Crippen LogP contribution in [0.2, 0.25) is 0 Å². The first-order chi connectivity index (χ1) is 12.1. The van der Waals surface area contributed by atoms with Crippen molar-refractivity contribution in [3.05, 3.63) is 41.2 Å². The van der Waals surface area contributed by atoms with Crippen molar-refractivity contribution in [1.82, 2.24) is 14.8 Å². The maximum Gasteiger partial charge on any atom is 0.341 e. The Kier molecular flexibility index (Phi) is 3.71. The van der Waals surface area contributed by atoms with Crippen LogP contribution in [0.25, 0.3) is 10.9 Å². The van der Waals surface area contributed by atoms with E-state index in [-0.39, 0.29) is 12.5 Å². The molecule has 1 aliphatic carbocycles. The topological polar surface area (TPSA) is 79.4 Å². The van der Waals surface area contributed by atoms with E-state index in [2.05, 4.69) is 14.8 Å². The molecule has 1 fully saturated rings. The number of fused-ring (bicyclic) bond motifs is 1. The maximum absolute atomic E-state index is 12.7. The van der Waals surface area contributed by atoms with E-state index < -0.39 is 5.97 Å². The van der Waals surface area contributed by atoms with E-state index in [0.717, 1.165) is 29.4 Å². The lowest BCUT2D eigenvalue weighted by molar-refractivity contribution is 0.0438. The number of ether oxygens (including phenoxy) is 2. The largest absolute Gasteiger partial charge is 0.497 e. The Morgan fingerprint density at radius 2 is 2.12 bits per heavy atom. The van der Waals surface area contributed by atoms with Crippen LogP contribution >= 0.6 is 0 Å². The molecule has 4 rings (SSSR count).